The second-order valence-corrected chi connectivity index (χ2v) is 7.37. The van der Waals surface area contributed by atoms with Gasteiger partial charge in [-0.15, -0.1) is 5.10 Å². The average molecular weight is 410 g/mol. The van der Waals surface area contributed by atoms with Gasteiger partial charge >= 0.3 is 0 Å². The van der Waals surface area contributed by atoms with E-state index in [0.717, 1.165) is 4.52 Å². The monoisotopic (exact) mass is 410 g/mol. The molecule has 0 bridgehead atoms. The number of alkyl halides is 1. The van der Waals surface area contributed by atoms with Crippen LogP contribution < -0.4 is 9.46 Å². The van der Waals surface area contributed by atoms with Crippen LogP contribution in [0.2, 0.25) is 0 Å². The Hall–Kier alpha value is -3.35. The lowest BCUT2D eigenvalue weighted by Gasteiger charge is -2.10. The zero-order chi connectivity index (χ0) is 20.6. The number of rotatable bonds is 6. The standard InChI is InChI=1S/C15H15FN6O5S/c1-8-4-5-11(22(23)24)13(9(8)2)20-28(25,26)15-18-14-17-10(7-16)6-12(27-3)21(14)19-15/h4-6,20H,7H2,1-3H3. The van der Waals surface area contributed by atoms with E-state index in [1.165, 1.54) is 25.3 Å². The molecule has 1 aromatic carbocycles. The minimum Gasteiger partial charge on any atom is -0.481 e. The molecule has 28 heavy (non-hydrogen) atoms. The second kappa shape index (κ2) is 6.99. The number of aryl methyl sites for hydroxylation is 1. The summed E-state index contributed by atoms with van der Waals surface area (Å²) in [7, 11) is -3.11. The first-order valence-corrected chi connectivity index (χ1v) is 9.30. The Morgan fingerprint density at radius 1 is 1.32 bits per heavy atom. The number of aromatic nitrogens is 4. The van der Waals surface area contributed by atoms with Gasteiger partial charge in [-0.05, 0) is 25.0 Å². The number of hydrogen-bond donors (Lipinski definition) is 1. The number of methoxy groups -OCH3 is 1. The van der Waals surface area contributed by atoms with Crippen LogP contribution in [0.1, 0.15) is 16.8 Å². The van der Waals surface area contributed by atoms with Crippen LogP contribution in [0.5, 0.6) is 5.88 Å². The van der Waals surface area contributed by atoms with Gasteiger partial charge in [-0.1, -0.05) is 6.07 Å². The molecule has 0 unspecified atom stereocenters. The van der Waals surface area contributed by atoms with Crippen molar-refractivity contribution in [1.82, 2.24) is 19.6 Å². The van der Waals surface area contributed by atoms with Crippen molar-refractivity contribution >= 4 is 27.2 Å². The molecule has 0 atom stereocenters. The number of halogens is 1. The van der Waals surface area contributed by atoms with Gasteiger partial charge < -0.3 is 4.74 Å². The van der Waals surface area contributed by atoms with E-state index in [-0.39, 0.29) is 23.0 Å². The highest BCUT2D eigenvalue weighted by Crippen LogP contribution is 2.32. The van der Waals surface area contributed by atoms with Crippen LogP contribution in [-0.2, 0) is 16.7 Å². The van der Waals surface area contributed by atoms with Gasteiger partial charge in [0, 0.05) is 12.1 Å². The molecular formula is C15H15FN6O5S. The molecule has 0 aliphatic rings. The smallest absolute Gasteiger partial charge is 0.299 e. The molecule has 0 aliphatic heterocycles. The Kier molecular flexibility index (Phi) is 4.85. The van der Waals surface area contributed by atoms with Crippen molar-refractivity contribution in [2.24, 2.45) is 0 Å². The number of anilines is 1. The molecule has 2 aromatic heterocycles. The molecule has 0 saturated carbocycles. The Bertz CT molecular complexity index is 1190. The van der Waals surface area contributed by atoms with Crippen molar-refractivity contribution in [1.29, 1.82) is 0 Å². The van der Waals surface area contributed by atoms with Crippen molar-refractivity contribution in [2.45, 2.75) is 25.7 Å². The van der Waals surface area contributed by atoms with Crippen molar-refractivity contribution < 1.29 is 22.5 Å². The highest BCUT2D eigenvalue weighted by Gasteiger charge is 2.27. The van der Waals surface area contributed by atoms with Crippen LogP contribution in [0.25, 0.3) is 5.78 Å². The molecule has 13 heteroatoms. The topological polar surface area (TPSA) is 142 Å². The molecule has 148 valence electrons. The maximum absolute atomic E-state index is 12.9. The van der Waals surface area contributed by atoms with Crippen molar-refractivity contribution in [3.63, 3.8) is 0 Å². The Morgan fingerprint density at radius 3 is 2.64 bits per heavy atom. The molecule has 0 saturated heterocycles. The summed E-state index contributed by atoms with van der Waals surface area (Å²) in [5.74, 6) is -0.160. The third kappa shape index (κ3) is 3.31. The summed E-state index contributed by atoms with van der Waals surface area (Å²) < 4.78 is 46.6. The summed E-state index contributed by atoms with van der Waals surface area (Å²) in [5, 5.41) is 14.4. The first-order chi connectivity index (χ1) is 13.2. The van der Waals surface area contributed by atoms with E-state index < -0.39 is 32.5 Å². The summed E-state index contributed by atoms with van der Waals surface area (Å²) >= 11 is 0. The highest BCUT2D eigenvalue weighted by molar-refractivity contribution is 7.92. The van der Waals surface area contributed by atoms with Crippen LogP contribution in [0.4, 0.5) is 15.8 Å². The van der Waals surface area contributed by atoms with Gasteiger partial charge in [-0.2, -0.15) is 17.9 Å². The fourth-order valence-electron chi connectivity index (χ4n) is 2.46. The number of nitro groups is 1. The van der Waals surface area contributed by atoms with E-state index in [1.807, 2.05) is 0 Å². The predicted molar refractivity (Wildman–Crippen MR) is 95.5 cm³/mol. The first-order valence-electron chi connectivity index (χ1n) is 7.82. The molecule has 11 nitrogen and oxygen atoms in total. The van der Waals surface area contributed by atoms with Crippen LogP contribution >= 0.6 is 0 Å². The number of nitro benzene ring substituents is 1. The lowest BCUT2D eigenvalue weighted by atomic mass is 10.1. The molecule has 1 N–H and O–H groups in total. The molecule has 0 aliphatic carbocycles. The molecule has 0 spiro atoms. The van der Waals surface area contributed by atoms with Crippen LogP contribution in [-0.4, -0.2) is 40.0 Å². The van der Waals surface area contributed by atoms with Gasteiger partial charge in [0.1, 0.15) is 12.4 Å². The number of fused-ring (bicyclic) bond motifs is 1. The average Bonchev–Trinajstić information content (AvgIpc) is 3.09. The fourth-order valence-corrected chi connectivity index (χ4v) is 3.47. The lowest BCUT2D eigenvalue weighted by molar-refractivity contribution is -0.383. The molecular weight excluding hydrogens is 395 g/mol. The van der Waals surface area contributed by atoms with Crippen molar-refractivity contribution in [3.8, 4) is 5.88 Å². The molecule has 0 fully saturated rings. The first kappa shape index (κ1) is 19.4. The number of nitrogens with one attached hydrogen (secondary N) is 1. The van der Waals surface area contributed by atoms with Gasteiger partial charge in [-0.25, -0.2) is 9.37 Å². The third-order valence-corrected chi connectivity index (χ3v) is 5.17. The van der Waals surface area contributed by atoms with Crippen molar-refractivity contribution in [2.75, 3.05) is 11.8 Å². The Morgan fingerprint density at radius 2 is 2.04 bits per heavy atom. The number of hydrogen-bond acceptors (Lipinski definition) is 8. The summed E-state index contributed by atoms with van der Waals surface area (Å²) in [4.78, 5) is 18.2. The fraction of sp³-hybridized carbons (Fsp3) is 0.267. The summed E-state index contributed by atoms with van der Waals surface area (Å²) in [5.41, 5.74) is 0.428. The molecule has 0 amide bonds. The third-order valence-electron chi connectivity index (χ3n) is 4.05. The SMILES string of the molecule is COc1cc(CF)nc2nc(S(=O)(=O)Nc3c([N+](=O)[O-])ccc(C)c3C)nn12. The summed E-state index contributed by atoms with van der Waals surface area (Å²) in [6.45, 7) is 2.33. The van der Waals surface area contributed by atoms with Gasteiger partial charge in [0.15, 0.2) is 0 Å². The number of benzene rings is 1. The predicted octanol–water partition coefficient (Wildman–Crippen LogP) is 1.93. The second-order valence-electron chi connectivity index (χ2n) is 5.79. The van der Waals surface area contributed by atoms with E-state index in [9.17, 15) is 22.9 Å². The lowest BCUT2D eigenvalue weighted by Crippen LogP contribution is -2.17. The quantitative estimate of drug-likeness (QED) is 0.480. The maximum atomic E-state index is 12.9. The van der Waals surface area contributed by atoms with Gasteiger partial charge in [0.25, 0.3) is 26.6 Å². The number of sulfonamides is 1. The Balaban J connectivity index is 2.12. The number of ether oxygens (including phenoxy) is 1. The largest absolute Gasteiger partial charge is 0.481 e. The van der Waals surface area contributed by atoms with E-state index in [2.05, 4.69) is 19.8 Å². The van der Waals surface area contributed by atoms with Gasteiger partial charge in [0.05, 0.1) is 17.7 Å². The van der Waals surface area contributed by atoms with Crippen molar-refractivity contribution in [3.05, 3.63) is 45.1 Å². The maximum Gasteiger partial charge on any atom is 0.299 e. The van der Waals surface area contributed by atoms with E-state index in [4.69, 9.17) is 4.74 Å². The van der Waals surface area contributed by atoms with E-state index >= 15 is 0 Å². The molecule has 3 aromatic rings. The number of nitrogens with zero attached hydrogens (tertiary/aromatic N) is 5. The molecule has 2 heterocycles. The van der Waals surface area contributed by atoms with Crippen LogP contribution in [0, 0.1) is 24.0 Å². The zero-order valence-corrected chi connectivity index (χ0v) is 15.8. The Labute approximate surface area is 158 Å². The molecule has 0 radical (unpaired) electrons. The summed E-state index contributed by atoms with van der Waals surface area (Å²) in [6.07, 6.45) is 0. The van der Waals surface area contributed by atoms with Crippen LogP contribution in [0.15, 0.2) is 23.4 Å². The van der Waals surface area contributed by atoms with E-state index in [0.29, 0.717) is 11.1 Å². The van der Waals surface area contributed by atoms with Gasteiger partial charge in [-0.3, -0.25) is 14.8 Å². The zero-order valence-electron chi connectivity index (χ0n) is 15.0. The van der Waals surface area contributed by atoms with Crippen LogP contribution in [0.3, 0.4) is 0 Å². The highest BCUT2D eigenvalue weighted by atomic mass is 32.2. The molecule has 3 rings (SSSR count). The normalized spacial score (nSPS) is 11.6. The van der Waals surface area contributed by atoms with Gasteiger partial charge in [0.2, 0.25) is 5.88 Å². The summed E-state index contributed by atoms with van der Waals surface area (Å²) in [6, 6.07) is 3.97. The van der Waals surface area contributed by atoms with E-state index in [1.54, 1.807) is 13.8 Å². The minimum absolute atomic E-state index is 0.0150. The minimum atomic E-state index is -4.40.